The highest BCUT2D eigenvalue weighted by atomic mass is 16.6. The van der Waals surface area contributed by atoms with E-state index in [4.69, 9.17) is 0 Å². The molecule has 0 aromatic carbocycles. The topological polar surface area (TPSA) is 81.2 Å². The van der Waals surface area contributed by atoms with Crippen molar-refractivity contribution in [2.45, 2.75) is 0 Å². The van der Waals surface area contributed by atoms with Crippen LogP contribution in [0, 0.1) is 10.1 Å². The molecule has 66 valence electrons. The van der Waals surface area contributed by atoms with Gasteiger partial charge in [0.2, 0.25) is 0 Å². The highest BCUT2D eigenvalue weighted by Crippen LogP contribution is 2.29. The number of aromatic nitrogens is 2. The molecule has 1 N–H and O–H groups in total. The first-order valence-electron chi connectivity index (χ1n) is 3.50. The van der Waals surface area contributed by atoms with Gasteiger partial charge in [-0.1, -0.05) is 0 Å². The van der Waals surface area contributed by atoms with Crippen LogP contribution in [-0.4, -0.2) is 19.8 Å². The summed E-state index contributed by atoms with van der Waals surface area (Å²) < 4.78 is 0.752. The van der Waals surface area contributed by atoms with Crippen LogP contribution in [-0.2, 0) is 0 Å². The Bertz CT molecular complexity index is 437. The van der Waals surface area contributed by atoms with E-state index in [-0.39, 0.29) is 11.5 Å². The lowest BCUT2D eigenvalue weighted by molar-refractivity contribution is -0.384. The highest BCUT2D eigenvalue weighted by Gasteiger charge is 2.20. The molecule has 2 heterocycles. The van der Waals surface area contributed by atoms with Crippen LogP contribution >= 0.6 is 0 Å². The molecule has 0 saturated heterocycles. The van der Waals surface area contributed by atoms with E-state index in [9.17, 15) is 15.3 Å². The minimum atomic E-state index is -0.510. The second kappa shape index (κ2) is 2.44. The number of hydrogen-bond acceptors (Lipinski definition) is 4. The minimum Gasteiger partial charge on any atom is -0.427 e. The molecule has 0 fully saturated rings. The van der Waals surface area contributed by atoms with Gasteiger partial charge in [-0.05, 0) is 6.07 Å². The van der Waals surface area contributed by atoms with Crippen molar-refractivity contribution in [2.24, 2.45) is 0 Å². The van der Waals surface area contributed by atoms with Gasteiger partial charge in [-0.15, -0.1) is 0 Å². The summed E-state index contributed by atoms with van der Waals surface area (Å²) in [5, 5.41) is 19.7. The lowest BCUT2D eigenvalue weighted by Gasteiger charge is -2.03. The fourth-order valence-electron chi connectivity index (χ4n) is 1.17. The van der Waals surface area contributed by atoms with Gasteiger partial charge in [0.05, 0.1) is 16.7 Å². The molecule has 2 aliphatic rings. The van der Waals surface area contributed by atoms with Gasteiger partial charge >= 0.3 is 0 Å². The molecule has 0 aliphatic carbocycles. The van der Waals surface area contributed by atoms with Crippen LogP contribution in [0.3, 0.4) is 0 Å². The number of rotatable bonds is 1. The van der Waals surface area contributed by atoms with Gasteiger partial charge in [0.1, 0.15) is 0 Å². The van der Waals surface area contributed by atoms with Crippen molar-refractivity contribution in [3.8, 4) is 11.4 Å². The van der Waals surface area contributed by atoms with E-state index in [0.29, 0.717) is 5.56 Å². The second-order valence-corrected chi connectivity index (χ2v) is 2.48. The third kappa shape index (κ3) is 0.994. The molecule has 0 bridgehead atoms. The Kier molecular flexibility index (Phi) is 1.42. The zero-order valence-electron chi connectivity index (χ0n) is 6.41. The van der Waals surface area contributed by atoms with Crippen molar-refractivity contribution in [1.29, 1.82) is 0 Å². The molecule has 0 aromatic heterocycles. The number of fused-ring (bicyclic) bond motifs is 1. The van der Waals surface area contributed by atoms with Gasteiger partial charge in [0, 0.05) is 12.3 Å². The fourth-order valence-corrected chi connectivity index (χ4v) is 1.17. The summed E-state index contributed by atoms with van der Waals surface area (Å²) in [6.45, 7) is 0. The summed E-state index contributed by atoms with van der Waals surface area (Å²) in [6, 6.07) is 2.71. The van der Waals surface area contributed by atoms with Crippen molar-refractivity contribution < 1.29 is 10.1 Å². The minimum absolute atomic E-state index is 0.0576. The van der Waals surface area contributed by atoms with Gasteiger partial charge in [-0.2, -0.15) is 4.73 Å². The Morgan fingerprint density at radius 2 is 2.31 bits per heavy atom. The predicted molar refractivity (Wildman–Crippen MR) is 42.7 cm³/mol. The quantitative estimate of drug-likeness (QED) is 0.404. The predicted octanol–water partition coefficient (Wildman–Crippen LogP) is 1.13. The van der Waals surface area contributed by atoms with Crippen LogP contribution in [0.25, 0.3) is 11.4 Å². The lowest BCUT2D eigenvalue weighted by atomic mass is 10.2. The molecule has 6 heteroatoms. The first kappa shape index (κ1) is 7.53. The number of nitro groups is 1. The Labute approximate surface area is 72.5 Å². The maximum Gasteiger partial charge on any atom is 0.282 e. The summed E-state index contributed by atoms with van der Waals surface area (Å²) in [7, 11) is 0. The smallest absolute Gasteiger partial charge is 0.282 e. The Morgan fingerprint density at radius 3 is 3.00 bits per heavy atom. The fraction of sp³-hybridized carbons (Fsp3) is 0. The van der Waals surface area contributed by atoms with Gasteiger partial charge in [-0.25, -0.2) is 4.98 Å². The van der Waals surface area contributed by atoms with Gasteiger partial charge in [0.15, 0.2) is 5.82 Å². The molecule has 0 unspecified atom stereocenters. The summed E-state index contributed by atoms with van der Waals surface area (Å²) in [4.78, 5) is 13.8. The maximum atomic E-state index is 10.5. The monoisotopic (exact) mass is 179 g/mol. The van der Waals surface area contributed by atoms with Crippen molar-refractivity contribution in [1.82, 2.24) is 9.71 Å². The first-order chi connectivity index (χ1) is 6.20. The zero-order chi connectivity index (χ0) is 9.42. The largest absolute Gasteiger partial charge is 0.427 e. The first-order valence-corrected chi connectivity index (χ1v) is 3.50. The molecular weight excluding hydrogens is 174 g/mol. The average molecular weight is 179 g/mol. The molecule has 2 rings (SSSR count). The summed E-state index contributed by atoms with van der Waals surface area (Å²) in [5.74, 6) is 0.189. The molecule has 0 radical (unpaired) electrons. The van der Waals surface area contributed by atoms with Crippen LogP contribution in [0.5, 0.6) is 0 Å². The molecule has 13 heavy (non-hydrogen) atoms. The third-order valence-electron chi connectivity index (χ3n) is 1.74. The van der Waals surface area contributed by atoms with Gasteiger partial charge < -0.3 is 5.21 Å². The molecule has 0 saturated carbocycles. The Balaban J connectivity index is 2.75. The number of nitrogens with zero attached hydrogens (tertiary/aromatic N) is 3. The van der Waals surface area contributed by atoms with Crippen molar-refractivity contribution >= 4 is 5.69 Å². The van der Waals surface area contributed by atoms with Crippen LogP contribution in [0.15, 0.2) is 24.5 Å². The molecule has 0 atom stereocenters. The van der Waals surface area contributed by atoms with E-state index in [2.05, 4.69) is 4.98 Å². The zero-order valence-corrected chi connectivity index (χ0v) is 6.41. The second-order valence-electron chi connectivity index (χ2n) is 2.48. The van der Waals surface area contributed by atoms with Gasteiger partial charge in [-0.3, -0.25) is 10.1 Å². The summed E-state index contributed by atoms with van der Waals surface area (Å²) >= 11 is 0. The van der Waals surface area contributed by atoms with E-state index < -0.39 is 4.92 Å². The molecule has 0 amide bonds. The van der Waals surface area contributed by atoms with E-state index >= 15 is 0 Å². The van der Waals surface area contributed by atoms with Crippen LogP contribution in [0.2, 0.25) is 0 Å². The lowest BCUT2D eigenvalue weighted by Crippen LogP contribution is -2.01. The van der Waals surface area contributed by atoms with Gasteiger partial charge in [0.25, 0.3) is 5.69 Å². The number of hydrogen-bond donors (Lipinski definition) is 1. The van der Waals surface area contributed by atoms with Crippen molar-refractivity contribution in [3.63, 3.8) is 0 Å². The molecule has 0 aromatic rings. The van der Waals surface area contributed by atoms with E-state index in [0.717, 1.165) is 4.73 Å². The summed E-state index contributed by atoms with van der Waals surface area (Å²) in [5.41, 5.74) is 0.271. The van der Waals surface area contributed by atoms with E-state index in [1.165, 1.54) is 24.5 Å². The Morgan fingerprint density at radius 1 is 1.54 bits per heavy atom. The summed E-state index contributed by atoms with van der Waals surface area (Å²) in [6.07, 6.45) is 2.60. The van der Waals surface area contributed by atoms with Crippen molar-refractivity contribution in [2.75, 3.05) is 0 Å². The van der Waals surface area contributed by atoms with E-state index in [1.807, 2.05) is 0 Å². The van der Waals surface area contributed by atoms with E-state index in [1.54, 1.807) is 0 Å². The highest BCUT2D eigenvalue weighted by molar-refractivity contribution is 5.69. The Hall–Kier alpha value is -2.11. The molecule has 0 spiro atoms. The number of pyridine rings is 1. The third-order valence-corrected chi connectivity index (χ3v) is 1.74. The normalized spacial score (nSPS) is 10.5. The molecule has 6 nitrogen and oxygen atoms in total. The SMILES string of the molecule is O=[N+]([O-])c1ccn(O)c2nccc1-2. The molecular formula is C7H5N3O3. The molecule has 2 aliphatic heterocycles. The maximum absolute atomic E-state index is 10.5. The van der Waals surface area contributed by atoms with Crippen LogP contribution in [0.1, 0.15) is 0 Å². The van der Waals surface area contributed by atoms with Crippen LogP contribution in [0.4, 0.5) is 5.69 Å². The average Bonchev–Trinajstić information content (AvgIpc) is 2.53. The van der Waals surface area contributed by atoms with Crippen molar-refractivity contribution in [3.05, 3.63) is 34.6 Å². The van der Waals surface area contributed by atoms with Crippen LogP contribution < -0.4 is 0 Å². The standard InChI is InChI=1S/C7H5N3O3/c11-9-4-2-6(10(12)13)5-1-3-8-7(5)9/h1-4,11H.